The Hall–Kier alpha value is -7.82. The van der Waals surface area contributed by atoms with E-state index in [1.54, 1.807) is 0 Å². The SMILES string of the molecule is Cc1ccccc1N(c1ccccc1)c1cc2c(c3c1oc1ccccc13)-c1cc3c(cc1C2(C)C)-c1c(cc(N(c2ccccc2)c2ccccc2C)c2oc4ccccc4c12)C3(C)C. The van der Waals surface area contributed by atoms with Gasteiger partial charge in [0.15, 0.2) is 11.2 Å². The molecule has 2 heterocycles. The normalized spacial score (nSPS) is 14.2. The summed E-state index contributed by atoms with van der Waals surface area (Å²) in [7, 11) is 0. The molecule has 0 N–H and O–H groups in total. The van der Waals surface area contributed by atoms with E-state index in [0.29, 0.717) is 0 Å². The van der Waals surface area contributed by atoms with Gasteiger partial charge in [0, 0.05) is 55.1 Å². The Balaban J connectivity index is 1.10. The van der Waals surface area contributed by atoms with Crippen LogP contribution in [-0.4, -0.2) is 0 Å². The zero-order valence-electron chi connectivity index (χ0n) is 38.0. The lowest BCUT2D eigenvalue weighted by molar-refractivity contribution is 0.650. The molecule has 13 rings (SSSR count). The van der Waals surface area contributed by atoms with Gasteiger partial charge in [-0.1, -0.05) is 137 Å². The minimum atomic E-state index is -0.353. The molecule has 0 radical (unpaired) electrons. The molecule has 0 unspecified atom stereocenters. The van der Waals surface area contributed by atoms with E-state index in [4.69, 9.17) is 8.83 Å². The van der Waals surface area contributed by atoms with Gasteiger partial charge < -0.3 is 18.6 Å². The lowest BCUT2D eigenvalue weighted by atomic mass is 9.79. The Bertz CT molecular complexity index is 3550. The fourth-order valence-corrected chi connectivity index (χ4v) is 11.6. The van der Waals surface area contributed by atoms with Crippen LogP contribution < -0.4 is 9.80 Å². The van der Waals surface area contributed by atoms with Crippen LogP contribution in [0.3, 0.4) is 0 Å². The average Bonchev–Trinajstić information content (AvgIpc) is 4.04. The highest BCUT2D eigenvalue weighted by molar-refractivity contribution is 6.22. The molecule has 0 saturated heterocycles. The maximum Gasteiger partial charge on any atom is 0.160 e. The second-order valence-corrected chi connectivity index (χ2v) is 19.3. The molecule has 0 saturated carbocycles. The van der Waals surface area contributed by atoms with Crippen LogP contribution in [-0.2, 0) is 10.8 Å². The predicted molar refractivity (Wildman–Crippen MR) is 275 cm³/mol. The van der Waals surface area contributed by atoms with Crippen molar-refractivity contribution in [2.45, 2.75) is 52.4 Å². The third kappa shape index (κ3) is 5.27. The molecule has 0 aliphatic heterocycles. The highest BCUT2D eigenvalue weighted by Crippen LogP contribution is 2.62. The first kappa shape index (κ1) is 38.6. The number of fused-ring (bicyclic) bond motifs is 14. The summed E-state index contributed by atoms with van der Waals surface area (Å²) in [6.07, 6.45) is 0. The standard InChI is InChI=1S/C62H48N2O2/c1-37-21-13-17-29-49(37)63(39-23-9-7-10-24-39)51-35-47-55(57-41-27-15-19-31-53(41)65-59(51)57)43-33-46-44(34-45(43)61(47,3)4)56-48(62(46,5)6)36-52(60-58(56)42-28-16-20-32-54(42)66-60)64(40-25-11-8-12-26-40)50-30-18-14-22-38(50)2/h7-36H,1-6H3. The molecule has 318 valence electrons. The summed E-state index contributed by atoms with van der Waals surface area (Å²) < 4.78 is 14.2. The highest BCUT2D eigenvalue weighted by Gasteiger charge is 2.45. The molecule has 9 aromatic carbocycles. The minimum absolute atomic E-state index is 0.353. The number of nitrogens with zero attached hydrogens (tertiary/aromatic N) is 2. The van der Waals surface area contributed by atoms with E-state index >= 15 is 0 Å². The van der Waals surface area contributed by atoms with Crippen molar-refractivity contribution in [1.82, 2.24) is 0 Å². The van der Waals surface area contributed by atoms with Gasteiger partial charge >= 0.3 is 0 Å². The molecule has 11 aromatic rings. The average molecular weight is 853 g/mol. The van der Waals surface area contributed by atoms with Crippen LogP contribution >= 0.6 is 0 Å². The lowest BCUT2D eigenvalue weighted by Gasteiger charge is -2.29. The maximum atomic E-state index is 7.08. The number of rotatable bonds is 6. The van der Waals surface area contributed by atoms with Gasteiger partial charge in [0.1, 0.15) is 11.2 Å². The number of hydrogen-bond acceptors (Lipinski definition) is 4. The van der Waals surface area contributed by atoms with Crippen LogP contribution in [0, 0.1) is 13.8 Å². The quantitative estimate of drug-likeness (QED) is 0.167. The van der Waals surface area contributed by atoms with Gasteiger partial charge in [0.2, 0.25) is 0 Å². The maximum absolute atomic E-state index is 7.08. The van der Waals surface area contributed by atoms with Crippen molar-refractivity contribution < 1.29 is 8.83 Å². The minimum Gasteiger partial charge on any atom is -0.454 e. The van der Waals surface area contributed by atoms with Crippen molar-refractivity contribution >= 4 is 78.0 Å². The molecule has 4 heteroatoms. The van der Waals surface area contributed by atoms with Gasteiger partial charge in [-0.05, 0) is 142 Å². The van der Waals surface area contributed by atoms with Gasteiger partial charge in [-0.2, -0.15) is 0 Å². The summed E-state index contributed by atoms with van der Waals surface area (Å²) >= 11 is 0. The third-order valence-electron chi connectivity index (χ3n) is 14.9. The Morgan fingerprint density at radius 3 is 1.14 bits per heavy atom. The predicted octanol–water partition coefficient (Wildman–Crippen LogP) is 17.7. The van der Waals surface area contributed by atoms with E-state index < -0.39 is 0 Å². The van der Waals surface area contributed by atoms with Crippen molar-refractivity contribution in [3.8, 4) is 22.3 Å². The number of hydrogen-bond donors (Lipinski definition) is 0. The molecule has 0 amide bonds. The smallest absolute Gasteiger partial charge is 0.160 e. The molecule has 0 bridgehead atoms. The molecule has 4 nitrogen and oxygen atoms in total. The van der Waals surface area contributed by atoms with Crippen LogP contribution in [0.4, 0.5) is 34.1 Å². The summed E-state index contributed by atoms with van der Waals surface area (Å²) in [5, 5.41) is 4.58. The number of aryl methyl sites for hydroxylation is 2. The molecule has 2 aliphatic rings. The number of furan rings is 2. The molecule has 2 aliphatic carbocycles. The second-order valence-electron chi connectivity index (χ2n) is 19.3. The third-order valence-corrected chi connectivity index (χ3v) is 14.9. The van der Waals surface area contributed by atoms with Crippen LogP contribution in [0.25, 0.3) is 66.1 Å². The van der Waals surface area contributed by atoms with Crippen molar-refractivity contribution in [2.75, 3.05) is 9.80 Å². The molecule has 0 atom stereocenters. The molecule has 2 aromatic heterocycles. The molecular weight excluding hydrogens is 805 g/mol. The van der Waals surface area contributed by atoms with E-state index in [0.717, 1.165) is 78.0 Å². The van der Waals surface area contributed by atoms with E-state index in [9.17, 15) is 0 Å². The van der Waals surface area contributed by atoms with E-state index in [2.05, 4.69) is 233 Å². The Morgan fingerprint density at radius 2 is 0.727 bits per heavy atom. The van der Waals surface area contributed by atoms with Crippen LogP contribution in [0.15, 0.2) is 191 Å². The van der Waals surface area contributed by atoms with Gasteiger partial charge in [0.05, 0.1) is 11.4 Å². The molecule has 0 spiro atoms. The summed E-state index contributed by atoms with van der Waals surface area (Å²) in [5.74, 6) is 0. The fourth-order valence-electron chi connectivity index (χ4n) is 11.6. The zero-order chi connectivity index (χ0) is 44.6. The Kier molecular flexibility index (Phi) is 8.10. The van der Waals surface area contributed by atoms with E-state index in [1.165, 1.54) is 55.6 Å². The van der Waals surface area contributed by atoms with E-state index in [1.807, 2.05) is 0 Å². The topological polar surface area (TPSA) is 32.8 Å². The second kappa shape index (κ2) is 13.8. The Morgan fingerprint density at radius 1 is 0.364 bits per heavy atom. The van der Waals surface area contributed by atoms with Crippen LogP contribution in [0.2, 0.25) is 0 Å². The van der Waals surface area contributed by atoms with Crippen molar-refractivity contribution in [1.29, 1.82) is 0 Å². The summed E-state index contributed by atoms with van der Waals surface area (Å²) in [4.78, 5) is 4.79. The van der Waals surface area contributed by atoms with E-state index in [-0.39, 0.29) is 10.8 Å². The fraction of sp³-hybridized carbons (Fsp3) is 0.129. The number of anilines is 6. The first-order valence-corrected chi connectivity index (χ1v) is 23.1. The van der Waals surface area contributed by atoms with Gasteiger partial charge in [-0.25, -0.2) is 0 Å². The Labute approximate surface area is 385 Å². The summed E-state index contributed by atoms with van der Waals surface area (Å²) in [5.41, 5.74) is 22.1. The van der Waals surface area contributed by atoms with Crippen molar-refractivity contribution in [3.63, 3.8) is 0 Å². The largest absolute Gasteiger partial charge is 0.454 e. The first-order chi connectivity index (χ1) is 32.1. The monoisotopic (exact) mass is 852 g/mol. The number of benzene rings is 9. The lowest BCUT2D eigenvalue weighted by Crippen LogP contribution is -2.18. The molecular formula is C62H48N2O2. The highest BCUT2D eigenvalue weighted by atomic mass is 16.3. The van der Waals surface area contributed by atoms with Gasteiger partial charge in [0.25, 0.3) is 0 Å². The van der Waals surface area contributed by atoms with Gasteiger partial charge in [-0.3, -0.25) is 0 Å². The van der Waals surface area contributed by atoms with Crippen molar-refractivity contribution in [3.05, 3.63) is 215 Å². The summed E-state index contributed by atoms with van der Waals surface area (Å²) in [6, 6.07) is 65.9. The summed E-state index contributed by atoms with van der Waals surface area (Å²) in [6.45, 7) is 14.0. The first-order valence-electron chi connectivity index (χ1n) is 23.1. The number of para-hydroxylation sites is 6. The molecule has 66 heavy (non-hydrogen) atoms. The van der Waals surface area contributed by atoms with Crippen molar-refractivity contribution in [2.24, 2.45) is 0 Å². The zero-order valence-corrected chi connectivity index (χ0v) is 38.0. The van der Waals surface area contributed by atoms with Gasteiger partial charge in [-0.15, -0.1) is 0 Å². The molecule has 0 fully saturated rings. The van der Waals surface area contributed by atoms with Crippen LogP contribution in [0.5, 0.6) is 0 Å². The van der Waals surface area contributed by atoms with Crippen LogP contribution in [0.1, 0.15) is 61.1 Å².